The maximum Gasteiger partial charge on any atom is 0.268 e. The maximum absolute atomic E-state index is 14.0. The second-order valence-electron chi connectivity index (χ2n) is 5.06. The maximum atomic E-state index is 14.0. The molecule has 1 unspecified atom stereocenters. The lowest BCUT2D eigenvalue weighted by molar-refractivity contribution is -0.117. The lowest BCUT2D eigenvalue weighted by atomic mass is 10.1. The third-order valence-electron chi connectivity index (χ3n) is 3.56. The van der Waals surface area contributed by atoms with Gasteiger partial charge in [-0.05, 0) is 31.2 Å². The fourth-order valence-corrected chi connectivity index (χ4v) is 4.14. The molecular weight excluding hydrogens is 326 g/mol. The van der Waals surface area contributed by atoms with Crippen molar-refractivity contribution < 1.29 is 22.0 Å². The zero-order chi connectivity index (χ0) is 16.8. The minimum Gasteiger partial charge on any atom is -0.322 e. The number of sulfonamides is 1. The molecule has 5 nitrogen and oxygen atoms in total. The summed E-state index contributed by atoms with van der Waals surface area (Å²) in [6.07, 6.45) is 0. The smallest absolute Gasteiger partial charge is 0.268 e. The molecule has 3 rings (SSSR count). The Labute approximate surface area is 131 Å². The highest BCUT2D eigenvalue weighted by Gasteiger charge is 2.39. The number of carbonyl (C=O) groups excluding carboxylic acids is 1. The lowest BCUT2D eigenvalue weighted by Gasteiger charge is -2.35. The molecule has 2 aromatic rings. The number of rotatable bonds is 2. The minimum atomic E-state index is -4.37. The number of amides is 1. The van der Waals surface area contributed by atoms with Gasteiger partial charge in [0, 0.05) is 6.07 Å². The molecule has 0 saturated carbocycles. The molecule has 120 valence electrons. The van der Waals surface area contributed by atoms with Crippen molar-refractivity contribution in [2.45, 2.75) is 17.9 Å². The van der Waals surface area contributed by atoms with Gasteiger partial charge in [-0.2, -0.15) is 0 Å². The second-order valence-corrected chi connectivity index (χ2v) is 6.84. The van der Waals surface area contributed by atoms with Crippen LogP contribution in [0.5, 0.6) is 0 Å². The van der Waals surface area contributed by atoms with Gasteiger partial charge in [0.1, 0.15) is 22.6 Å². The first kappa shape index (κ1) is 15.4. The Hall–Kier alpha value is -2.48. The first-order valence-corrected chi connectivity index (χ1v) is 8.16. The van der Waals surface area contributed by atoms with E-state index in [-0.39, 0.29) is 5.69 Å². The number of halogens is 2. The molecule has 0 radical (unpaired) electrons. The number of carbonyl (C=O) groups is 1. The molecule has 1 amide bonds. The summed E-state index contributed by atoms with van der Waals surface area (Å²) in [5.41, 5.74) is 0.532. The van der Waals surface area contributed by atoms with Gasteiger partial charge in [0.2, 0.25) is 5.91 Å². The summed E-state index contributed by atoms with van der Waals surface area (Å²) in [4.78, 5) is 11.3. The number of nitrogens with one attached hydrogen (secondary N) is 1. The van der Waals surface area contributed by atoms with Crippen LogP contribution in [0.1, 0.15) is 6.92 Å². The van der Waals surface area contributed by atoms with E-state index in [0.717, 1.165) is 16.4 Å². The normalized spacial score (nSPS) is 17.6. The summed E-state index contributed by atoms with van der Waals surface area (Å²) >= 11 is 0. The molecule has 0 aliphatic carbocycles. The van der Waals surface area contributed by atoms with Gasteiger partial charge in [0.25, 0.3) is 10.0 Å². The van der Waals surface area contributed by atoms with E-state index in [1.165, 1.54) is 13.0 Å². The summed E-state index contributed by atoms with van der Waals surface area (Å²) in [6, 6.07) is 7.42. The Morgan fingerprint density at radius 2 is 1.83 bits per heavy atom. The molecule has 0 fully saturated rings. The summed E-state index contributed by atoms with van der Waals surface area (Å²) < 4.78 is 53.5. The zero-order valence-corrected chi connectivity index (χ0v) is 12.8. The quantitative estimate of drug-likeness (QED) is 0.915. The van der Waals surface area contributed by atoms with Crippen molar-refractivity contribution in [1.29, 1.82) is 0 Å². The molecule has 0 spiro atoms. The van der Waals surface area contributed by atoms with E-state index >= 15 is 0 Å². The number of fused-ring (bicyclic) bond motifs is 1. The third-order valence-corrected chi connectivity index (χ3v) is 5.48. The summed E-state index contributed by atoms with van der Waals surface area (Å²) in [6.45, 7) is 1.39. The van der Waals surface area contributed by atoms with Gasteiger partial charge in [0.05, 0.1) is 11.4 Å². The first-order valence-electron chi connectivity index (χ1n) is 6.72. The highest BCUT2D eigenvalue weighted by molar-refractivity contribution is 7.93. The number of nitrogens with zero attached hydrogens (tertiary/aromatic N) is 1. The highest BCUT2D eigenvalue weighted by Crippen LogP contribution is 2.36. The van der Waals surface area contributed by atoms with E-state index in [0.29, 0.717) is 11.8 Å². The average molecular weight is 338 g/mol. The van der Waals surface area contributed by atoms with E-state index in [1.54, 1.807) is 18.2 Å². The predicted octanol–water partition coefficient (Wildman–Crippen LogP) is 2.50. The Morgan fingerprint density at radius 3 is 2.52 bits per heavy atom. The van der Waals surface area contributed by atoms with E-state index < -0.39 is 38.5 Å². The number of hydrogen-bond donors (Lipinski definition) is 1. The number of hydrogen-bond acceptors (Lipinski definition) is 3. The van der Waals surface area contributed by atoms with Gasteiger partial charge < -0.3 is 5.32 Å². The Bertz CT molecular complexity index is 899. The molecule has 1 N–H and O–H groups in total. The van der Waals surface area contributed by atoms with Crippen molar-refractivity contribution in [3.8, 4) is 0 Å². The third kappa shape index (κ3) is 2.44. The van der Waals surface area contributed by atoms with Gasteiger partial charge >= 0.3 is 0 Å². The molecule has 1 aliphatic heterocycles. The minimum absolute atomic E-state index is 0.225. The monoisotopic (exact) mass is 338 g/mol. The van der Waals surface area contributed by atoms with Gasteiger partial charge in [0.15, 0.2) is 0 Å². The van der Waals surface area contributed by atoms with Crippen LogP contribution in [0.25, 0.3) is 0 Å². The Kier molecular flexibility index (Phi) is 3.56. The van der Waals surface area contributed by atoms with Crippen LogP contribution in [-0.2, 0) is 14.8 Å². The van der Waals surface area contributed by atoms with E-state index in [2.05, 4.69) is 5.32 Å². The van der Waals surface area contributed by atoms with Crippen LogP contribution in [0.2, 0.25) is 0 Å². The standard InChI is InChI=1S/C15H12F2N2O3S/c1-9-15(20)18-12-4-2-3-5-13(12)19(9)23(21,22)14-7-6-10(16)8-11(14)17/h2-9H,1H3,(H,18,20). The highest BCUT2D eigenvalue weighted by atomic mass is 32.2. The molecule has 1 atom stereocenters. The van der Waals surface area contributed by atoms with Crippen LogP contribution in [0, 0.1) is 11.6 Å². The van der Waals surface area contributed by atoms with Gasteiger partial charge in [-0.15, -0.1) is 0 Å². The number of anilines is 2. The first-order chi connectivity index (χ1) is 10.8. The number of benzene rings is 2. The molecule has 8 heteroatoms. The van der Waals surface area contributed by atoms with E-state index in [4.69, 9.17) is 0 Å². The molecule has 0 aromatic heterocycles. The second kappa shape index (κ2) is 5.31. The van der Waals surface area contributed by atoms with Gasteiger partial charge in [-0.25, -0.2) is 17.2 Å². The van der Waals surface area contributed by atoms with Crippen molar-refractivity contribution in [3.05, 3.63) is 54.1 Å². The van der Waals surface area contributed by atoms with E-state index in [1.807, 2.05) is 0 Å². The molecule has 1 aliphatic rings. The van der Waals surface area contributed by atoms with Crippen molar-refractivity contribution >= 4 is 27.3 Å². The van der Waals surface area contributed by atoms with Crippen LogP contribution < -0.4 is 9.62 Å². The summed E-state index contributed by atoms with van der Waals surface area (Å²) in [5.74, 6) is -2.62. The SMILES string of the molecule is CC1C(=O)Nc2ccccc2N1S(=O)(=O)c1ccc(F)cc1F. The lowest BCUT2D eigenvalue weighted by Crippen LogP contribution is -2.49. The molecule has 2 aromatic carbocycles. The van der Waals surface area contributed by atoms with Crippen molar-refractivity contribution in [2.75, 3.05) is 9.62 Å². The predicted molar refractivity (Wildman–Crippen MR) is 80.6 cm³/mol. The Balaban J connectivity index is 2.21. The van der Waals surface area contributed by atoms with Crippen LogP contribution in [0.15, 0.2) is 47.4 Å². The zero-order valence-electron chi connectivity index (χ0n) is 12.0. The molecule has 0 saturated heterocycles. The Morgan fingerprint density at radius 1 is 1.13 bits per heavy atom. The number of para-hydroxylation sites is 2. The van der Waals surface area contributed by atoms with Gasteiger partial charge in [-0.1, -0.05) is 12.1 Å². The van der Waals surface area contributed by atoms with Crippen LogP contribution >= 0.6 is 0 Å². The van der Waals surface area contributed by atoms with Crippen molar-refractivity contribution in [1.82, 2.24) is 0 Å². The molecule has 1 heterocycles. The molecular formula is C15H12F2N2O3S. The van der Waals surface area contributed by atoms with Crippen molar-refractivity contribution in [3.63, 3.8) is 0 Å². The van der Waals surface area contributed by atoms with Crippen LogP contribution in [0.4, 0.5) is 20.2 Å². The molecule has 0 bridgehead atoms. The summed E-state index contributed by atoms with van der Waals surface area (Å²) in [5, 5.41) is 2.59. The molecule has 23 heavy (non-hydrogen) atoms. The fourth-order valence-electron chi connectivity index (χ4n) is 2.45. The van der Waals surface area contributed by atoms with E-state index in [9.17, 15) is 22.0 Å². The fraction of sp³-hybridized carbons (Fsp3) is 0.133. The summed E-state index contributed by atoms with van der Waals surface area (Å²) in [7, 11) is -4.37. The topological polar surface area (TPSA) is 66.5 Å². The average Bonchev–Trinajstić information content (AvgIpc) is 2.47. The van der Waals surface area contributed by atoms with Crippen molar-refractivity contribution in [2.24, 2.45) is 0 Å². The largest absolute Gasteiger partial charge is 0.322 e. The van der Waals surface area contributed by atoms with Crippen LogP contribution in [0.3, 0.4) is 0 Å². The van der Waals surface area contributed by atoms with Crippen LogP contribution in [-0.4, -0.2) is 20.4 Å². The van der Waals surface area contributed by atoms with Gasteiger partial charge in [-0.3, -0.25) is 9.10 Å².